The smallest absolute Gasteiger partial charge is 0.240 e. The van der Waals surface area contributed by atoms with Crippen molar-refractivity contribution in [3.8, 4) is 0 Å². The molecule has 0 radical (unpaired) electrons. The lowest BCUT2D eigenvalue weighted by Crippen LogP contribution is -2.37. The average Bonchev–Trinajstić information content (AvgIpc) is 2.48. The predicted molar refractivity (Wildman–Crippen MR) is 77.9 cm³/mol. The Morgan fingerprint density at radius 2 is 2.14 bits per heavy atom. The van der Waals surface area contributed by atoms with Crippen LogP contribution in [0.25, 0.3) is 0 Å². The Labute approximate surface area is 122 Å². The maximum absolute atomic E-state index is 14.4. The summed E-state index contributed by atoms with van der Waals surface area (Å²) >= 11 is 0. The second-order valence-electron chi connectivity index (χ2n) is 5.40. The Kier molecular flexibility index (Phi) is 3.88. The van der Waals surface area contributed by atoms with Crippen molar-refractivity contribution in [2.24, 2.45) is 11.0 Å². The highest BCUT2D eigenvalue weighted by Crippen LogP contribution is 2.24. The summed E-state index contributed by atoms with van der Waals surface area (Å²) in [6, 6.07) is 5.14. The van der Waals surface area contributed by atoms with Crippen molar-refractivity contribution in [2.45, 2.75) is 13.3 Å². The third kappa shape index (κ3) is 2.90. The molecular formula is C15H18FN3O2. The van der Waals surface area contributed by atoms with Crippen molar-refractivity contribution in [3.05, 3.63) is 29.6 Å². The van der Waals surface area contributed by atoms with Crippen molar-refractivity contribution >= 4 is 17.3 Å². The van der Waals surface area contributed by atoms with E-state index in [2.05, 4.69) is 10.5 Å². The first-order chi connectivity index (χ1) is 10.1. The lowest BCUT2D eigenvalue weighted by molar-refractivity contribution is -0.121. The fourth-order valence-corrected chi connectivity index (χ4v) is 2.73. The van der Waals surface area contributed by atoms with Crippen molar-refractivity contribution in [1.82, 2.24) is 5.43 Å². The molecule has 0 spiro atoms. The highest BCUT2D eigenvalue weighted by molar-refractivity contribution is 6.05. The summed E-state index contributed by atoms with van der Waals surface area (Å²) in [5.41, 5.74) is 4.49. The van der Waals surface area contributed by atoms with Gasteiger partial charge in [-0.2, -0.15) is 5.10 Å². The minimum atomic E-state index is -0.263. The molecule has 0 aliphatic carbocycles. The fraction of sp³-hybridized carbons (Fsp3) is 0.467. The van der Waals surface area contributed by atoms with E-state index in [0.29, 0.717) is 38.4 Å². The first-order valence-corrected chi connectivity index (χ1v) is 7.14. The number of hydrogen-bond donors (Lipinski definition) is 1. The number of hydrazone groups is 1. The number of amides is 1. The van der Waals surface area contributed by atoms with Crippen LogP contribution in [0.15, 0.2) is 23.3 Å². The van der Waals surface area contributed by atoms with E-state index in [9.17, 15) is 9.18 Å². The van der Waals surface area contributed by atoms with Crippen LogP contribution in [-0.2, 0) is 9.53 Å². The molecule has 112 valence electrons. The molecule has 1 atom stereocenters. The van der Waals surface area contributed by atoms with E-state index < -0.39 is 0 Å². The van der Waals surface area contributed by atoms with E-state index in [1.807, 2.05) is 17.9 Å². The van der Waals surface area contributed by atoms with Crippen LogP contribution < -0.4 is 10.3 Å². The highest BCUT2D eigenvalue weighted by atomic mass is 19.1. The van der Waals surface area contributed by atoms with Crippen LogP contribution in [0.5, 0.6) is 0 Å². The van der Waals surface area contributed by atoms with Gasteiger partial charge >= 0.3 is 0 Å². The summed E-state index contributed by atoms with van der Waals surface area (Å²) in [7, 11) is 0. The summed E-state index contributed by atoms with van der Waals surface area (Å²) in [4.78, 5) is 13.2. The third-order valence-electron chi connectivity index (χ3n) is 3.85. The predicted octanol–water partition coefficient (Wildman–Crippen LogP) is 1.52. The maximum atomic E-state index is 14.4. The number of nitrogens with zero attached hydrogens (tertiary/aromatic N) is 2. The minimum Gasteiger partial charge on any atom is -0.378 e. The zero-order chi connectivity index (χ0) is 14.8. The van der Waals surface area contributed by atoms with E-state index in [0.717, 1.165) is 11.3 Å². The fourth-order valence-electron chi connectivity index (χ4n) is 2.73. The molecule has 1 fully saturated rings. The summed E-state index contributed by atoms with van der Waals surface area (Å²) in [6.45, 7) is 4.56. The van der Waals surface area contributed by atoms with Gasteiger partial charge in [0.05, 0.1) is 24.6 Å². The number of ether oxygens (including phenoxy) is 1. The zero-order valence-corrected chi connectivity index (χ0v) is 11.9. The largest absolute Gasteiger partial charge is 0.378 e. The van der Waals surface area contributed by atoms with Crippen LogP contribution in [0.1, 0.15) is 18.9 Å². The number of hydrogen-bond acceptors (Lipinski definition) is 4. The van der Waals surface area contributed by atoms with Gasteiger partial charge in [-0.3, -0.25) is 4.79 Å². The Bertz CT molecular complexity index is 582. The number of carbonyl (C=O) groups is 1. The van der Waals surface area contributed by atoms with Crippen molar-refractivity contribution in [2.75, 3.05) is 31.2 Å². The molecule has 2 aliphatic rings. The Morgan fingerprint density at radius 3 is 2.81 bits per heavy atom. The van der Waals surface area contributed by atoms with Gasteiger partial charge in [0.15, 0.2) is 0 Å². The van der Waals surface area contributed by atoms with Gasteiger partial charge < -0.3 is 9.64 Å². The van der Waals surface area contributed by atoms with Crippen LogP contribution >= 0.6 is 0 Å². The molecule has 5 nitrogen and oxygen atoms in total. The van der Waals surface area contributed by atoms with Gasteiger partial charge in [-0.1, -0.05) is 13.0 Å². The molecule has 2 aliphatic heterocycles. The topological polar surface area (TPSA) is 53.9 Å². The maximum Gasteiger partial charge on any atom is 0.240 e. The first-order valence-electron chi connectivity index (χ1n) is 7.14. The van der Waals surface area contributed by atoms with Crippen molar-refractivity contribution in [1.29, 1.82) is 0 Å². The van der Waals surface area contributed by atoms with Crippen LogP contribution in [0, 0.1) is 11.7 Å². The molecule has 3 rings (SSSR count). The quantitative estimate of drug-likeness (QED) is 0.899. The SMILES string of the molecule is C[C@@H]1CC(=O)NN=C1c1ccc(N2CCOCC2)c(F)c1. The first kappa shape index (κ1) is 14.0. The van der Waals surface area contributed by atoms with E-state index in [1.54, 1.807) is 6.07 Å². The van der Waals surface area contributed by atoms with Gasteiger partial charge in [0.1, 0.15) is 5.82 Å². The van der Waals surface area contributed by atoms with E-state index >= 15 is 0 Å². The lowest BCUT2D eigenvalue weighted by Gasteiger charge is -2.29. The summed E-state index contributed by atoms with van der Waals surface area (Å²) < 4.78 is 19.6. The molecule has 1 aromatic rings. The van der Waals surface area contributed by atoms with Crippen LogP contribution in [0.4, 0.5) is 10.1 Å². The van der Waals surface area contributed by atoms with Crippen LogP contribution in [-0.4, -0.2) is 37.9 Å². The van der Waals surface area contributed by atoms with Crippen molar-refractivity contribution < 1.29 is 13.9 Å². The molecule has 2 heterocycles. The number of nitrogens with one attached hydrogen (secondary N) is 1. The second-order valence-corrected chi connectivity index (χ2v) is 5.40. The molecular weight excluding hydrogens is 273 g/mol. The number of benzene rings is 1. The summed E-state index contributed by atoms with van der Waals surface area (Å²) in [5, 5.41) is 4.06. The lowest BCUT2D eigenvalue weighted by atomic mass is 9.94. The average molecular weight is 291 g/mol. The van der Waals surface area contributed by atoms with Gasteiger partial charge in [-0.15, -0.1) is 0 Å². The Morgan fingerprint density at radius 1 is 1.38 bits per heavy atom. The monoisotopic (exact) mass is 291 g/mol. The standard InChI is InChI=1S/C15H18FN3O2/c1-10-8-14(20)17-18-15(10)11-2-3-13(12(16)9-11)19-4-6-21-7-5-19/h2-3,9-10H,4-8H2,1H3,(H,17,20)/t10-/m1/s1. The van der Waals surface area contributed by atoms with Gasteiger partial charge in [-0.25, -0.2) is 9.82 Å². The summed E-state index contributed by atoms with van der Waals surface area (Å²) in [6.07, 6.45) is 0.381. The molecule has 6 heteroatoms. The zero-order valence-electron chi connectivity index (χ0n) is 11.9. The second kappa shape index (κ2) is 5.81. The molecule has 0 aromatic heterocycles. The molecule has 0 bridgehead atoms. The molecule has 21 heavy (non-hydrogen) atoms. The molecule has 1 amide bonds. The number of anilines is 1. The van der Waals surface area contributed by atoms with Crippen LogP contribution in [0.2, 0.25) is 0 Å². The van der Waals surface area contributed by atoms with E-state index in [1.165, 1.54) is 6.07 Å². The molecule has 0 saturated carbocycles. The molecule has 1 aromatic carbocycles. The Hall–Kier alpha value is -1.95. The van der Waals surface area contributed by atoms with Gasteiger partial charge in [0, 0.05) is 31.0 Å². The van der Waals surface area contributed by atoms with E-state index in [-0.39, 0.29) is 17.6 Å². The van der Waals surface area contributed by atoms with E-state index in [4.69, 9.17) is 4.74 Å². The normalized spacial score (nSPS) is 22.8. The minimum absolute atomic E-state index is 0.00705. The number of carbonyl (C=O) groups excluding carboxylic acids is 1. The van der Waals surface area contributed by atoms with Gasteiger partial charge in [-0.05, 0) is 12.1 Å². The van der Waals surface area contributed by atoms with Gasteiger partial charge in [0.25, 0.3) is 0 Å². The van der Waals surface area contributed by atoms with Gasteiger partial charge in [0.2, 0.25) is 5.91 Å². The van der Waals surface area contributed by atoms with Crippen molar-refractivity contribution in [3.63, 3.8) is 0 Å². The van der Waals surface area contributed by atoms with Crippen LogP contribution in [0.3, 0.4) is 0 Å². The summed E-state index contributed by atoms with van der Waals surface area (Å²) in [5.74, 6) is -0.370. The number of halogens is 1. The molecule has 1 N–H and O–H groups in total. The Balaban J connectivity index is 1.85. The number of morpholine rings is 1. The third-order valence-corrected chi connectivity index (χ3v) is 3.85. The molecule has 0 unspecified atom stereocenters. The molecule has 1 saturated heterocycles. The highest BCUT2D eigenvalue weighted by Gasteiger charge is 2.23. The number of rotatable bonds is 2.